The second-order valence-corrected chi connectivity index (χ2v) is 5.68. The molecular weight excluding hydrogens is 321 g/mol. The summed E-state index contributed by atoms with van der Waals surface area (Å²) in [5.41, 5.74) is 5.71. The normalized spacial score (nSPS) is 10.7. The highest BCUT2D eigenvalue weighted by Crippen LogP contribution is 2.21. The molecule has 0 bridgehead atoms. The fourth-order valence-electron chi connectivity index (χ4n) is 2.64. The van der Waals surface area contributed by atoms with Gasteiger partial charge in [-0.3, -0.25) is 14.7 Å². The fraction of sp³-hybridized carbons (Fsp3) is 0.158. The van der Waals surface area contributed by atoms with E-state index in [0.29, 0.717) is 12.1 Å². The van der Waals surface area contributed by atoms with E-state index in [-0.39, 0.29) is 5.82 Å². The molecule has 0 aliphatic rings. The summed E-state index contributed by atoms with van der Waals surface area (Å²) in [6, 6.07) is 15.2. The summed E-state index contributed by atoms with van der Waals surface area (Å²) in [4.78, 5) is 11.4. The summed E-state index contributed by atoms with van der Waals surface area (Å²) >= 11 is 0. The van der Waals surface area contributed by atoms with Gasteiger partial charge in [-0.15, -0.1) is 0 Å². The first kappa shape index (κ1) is 16.9. The van der Waals surface area contributed by atoms with E-state index in [1.54, 1.807) is 29.7 Å². The highest BCUT2D eigenvalue weighted by Gasteiger charge is 2.10. The first-order chi connectivity index (χ1) is 12.1. The van der Waals surface area contributed by atoms with Gasteiger partial charge >= 0.3 is 0 Å². The molecule has 0 aliphatic heterocycles. The third-order valence-corrected chi connectivity index (χ3v) is 4.02. The van der Waals surface area contributed by atoms with Crippen molar-refractivity contribution in [1.29, 1.82) is 0 Å². The number of carbonyl (C=O) groups excluding carboxylic acids is 1. The van der Waals surface area contributed by atoms with E-state index in [1.165, 1.54) is 12.1 Å². The zero-order valence-corrected chi connectivity index (χ0v) is 13.7. The SMILES string of the molecule is CCc1cc(-c2ccc(F)cc2)nn1Cc1ccc(C(=O)NO)cc1. The Bertz CT molecular complexity index is 871. The number of hydroxylamine groups is 1. The van der Waals surface area contributed by atoms with Gasteiger partial charge in [0.1, 0.15) is 5.82 Å². The van der Waals surface area contributed by atoms with Crippen LogP contribution in [0.2, 0.25) is 0 Å². The minimum Gasteiger partial charge on any atom is -0.288 e. The maximum Gasteiger partial charge on any atom is 0.274 e. The van der Waals surface area contributed by atoms with Crippen LogP contribution in [-0.4, -0.2) is 20.9 Å². The van der Waals surface area contributed by atoms with Crippen LogP contribution in [0, 0.1) is 5.82 Å². The summed E-state index contributed by atoms with van der Waals surface area (Å²) in [6.07, 6.45) is 0.819. The van der Waals surface area contributed by atoms with Gasteiger partial charge in [0, 0.05) is 16.8 Å². The third kappa shape index (κ3) is 3.75. The molecule has 0 aliphatic carbocycles. The van der Waals surface area contributed by atoms with Gasteiger partial charge < -0.3 is 0 Å². The number of aryl methyl sites for hydroxylation is 1. The first-order valence-electron chi connectivity index (χ1n) is 7.96. The molecule has 0 spiro atoms. The molecule has 0 radical (unpaired) electrons. The number of nitrogens with zero attached hydrogens (tertiary/aromatic N) is 2. The van der Waals surface area contributed by atoms with E-state index in [2.05, 4.69) is 12.0 Å². The zero-order valence-electron chi connectivity index (χ0n) is 13.7. The molecule has 3 rings (SSSR count). The quantitative estimate of drug-likeness (QED) is 0.553. The number of nitrogens with one attached hydrogen (secondary N) is 1. The number of hydrogen-bond donors (Lipinski definition) is 2. The molecular formula is C19H18FN3O2. The van der Waals surface area contributed by atoms with Crippen molar-refractivity contribution in [3.8, 4) is 11.3 Å². The summed E-state index contributed by atoms with van der Waals surface area (Å²) < 4.78 is 15.0. The topological polar surface area (TPSA) is 67.2 Å². The predicted molar refractivity (Wildman–Crippen MR) is 91.8 cm³/mol. The Morgan fingerprint density at radius 2 is 1.84 bits per heavy atom. The summed E-state index contributed by atoms with van der Waals surface area (Å²) in [5, 5.41) is 13.3. The summed E-state index contributed by atoms with van der Waals surface area (Å²) in [7, 11) is 0. The lowest BCUT2D eigenvalue weighted by Crippen LogP contribution is -2.18. The fourth-order valence-corrected chi connectivity index (χ4v) is 2.64. The van der Waals surface area contributed by atoms with Gasteiger partial charge in [0.15, 0.2) is 0 Å². The molecule has 0 saturated heterocycles. The molecule has 128 valence electrons. The van der Waals surface area contributed by atoms with Crippen LogP contribution in [0.5, 0.6) is 0 Å². The van der Waals surface area contributed by atoms with Crippen LogP contribution in [0.1, 0.15) is 28.5 Å². The molecule has 25 heavy (non-hydrogen) atoms. The number of amides is 1. The molecule has 2 N–H and O–H groups in total. The molecule has 1 aromatic heterocycles. The first-order valence-corrected chi connectivity index (χ1v) is 7.96. The second-order valence-electron chi connectivity index (χ2n) is 5.68. The van der Waals surface area contributed by atoms with Crippen molar-refractivity contribution in [3.05, 3.63) is 77.2 Å². The van der Waals surface area contributed by atoms with E-state index in [9.17, 15) is 9.18 Å². The van der Waals surface area contributed by atoms with Crippen LogP contribution in [0.4, 0.5) is 4.39 Å². The van der Waals surface area contributed by atoms with Gasteiger partial charge in [0.2, 0.25) is 0 Å². The highest BCUT2D eigenvalue weighted by atomic mass is 19.1. The van der Waals surface area contributed by atoms with Gasteiger partial charge in [-0.2, -0.15) is 5.10 Å². The van der Waals surface area contributed by atoms with Crippen molar-refractivity contribution in [2.45, 2.75) is 19.9 Å². The van der Waals surface area contributed by atoms with E-state index >= 15 is 0 Å². The Morgan fingerprint density at radius 3 is 2.44 bits per heavy atom. The van der Waals surface area contributed by atoms with Gasteiger partial charge in [0.25, 0.3) is 5.91 Å². The van der Waals surface area contributed by atoms with Crippen molar-refractivity contribution in [1.82, 2.24) is 15.3 Å². The third-order valence-electron chi connectivity index (χ3n) is 4.02. The minimum atomic E-state index is -0.543. The summed E-state index contributed by atoms with van der Waals surface area (Å²) in [5.74, 6) is -0.815. The Hall–Kier alpha value is -2.99. The van der Waals surface area contributed by atoms with Crippen LogP contribution < -0.4 is 5.48 Å². The molecule has 1 heterocycles. The van der Waals surface area contributed by atoms with Crippen LogP contribution in [0.3, 0.4) is 0 Å². The summed E-state index contributed by atoms with van der Waals surface area (Å²) in [6.45, 7) is 2.61. The number of benzene rings is 2. The molecule has 0 fully saturated rings. The number of hydrogen-bond acceptors (Lipinski definition) is 3. The largest absolute Gasteiger partial charge is 0.288 e. The molecule has 5 nitrogen and oxygen atoms in total. The molecule has 6 heteroatoms. The lowest BCUT2D eigenvalue weighted by atomic mass is 10.1. The minimum absolute atomic E-state index is 0.272. The zero-order chi connectivity index (χ0) is 17.8. The van der Waals surface area contributed by atoms with Crippen molar-refractivity contribution in [2.24, 2.45) is 0 Å². The number of carbonyl (C=O) groups is 1. The maximum atomic E-state index is 13.1. The Morgan fingerprint density at radius 1 is 1.16 bits per heavy atom. The van der Waals surface area contributed by atoms with Crippen LogP contribution in [0.25, 0.3) is 11.3 Å². The van der Waals surface area contributed by atoms with Crippen molar-refractivity contribution in [3.63, 3.8) is 0 Å². The standard InChI is InChI=1S/C19H18FN3O2/c1-2-17-11-18(14-7-9-16(20)10-8-14)21-23(17)12-13-3-5-15(6-4-13)19(24)22-25/h3-11,25H,2,12H2,1H3,(H,22,24). The number of halogens is 1. The van der Waals surface area contributed by atoms with E-state index in [4.69, 9.17) is 5.21 Å². The Kier molecular flexibility index (Phi) is 4.90. The van der Waals surface area contributed by atoms with Gasteiger partial charge in [0.05, 0.1) is 12.2 Å². The molecule has 3 aromatic rings. The van der Waals surface area contributed by atoms with Crippen LogP contribution in [-0.2, 0) is 13.0 Å². The lowest BCUT2D eigenvalue weighted by molar-refractivity contribution is 0.0706. The predicted octanol–water partition coefficient (Wildman–Crippen LogP) is 3.42. The smallest absolute Gasteiger partial charge is 0.274 e. The number of aromatic nitrogens is 2. The van der Waals surface area contributed by atoms with Crippen molar-refractivity contribution in [2.75, 3.05) is 0 Å². The van der Waals surface area contributed by atoms with E-state index in [0.717, 1.165) is 28.9 Å². The van der Waals surface area contributed by atoms with E-state index < -0.39 is 5.91 Å². The molecule has 0 atom stereocenters. The maximum absolute atomic E-state index is 13.1. The average Bonchev–Trinajstić information content (AvgIpc) is 3.05. The second kappa shape index (κ2) is 7.27. The Labute approximate surface area is 144 Å². The van der Waals surface area contributed by atoms with Gasteiger partial charge in [-0.05, 0) is 54.4 Å². The highest BCUT2D eigenvalue weighted by molar-refractivity contribution is 5.93. The molecule has 0 unspecified atom stereocenters. The number of rotatable bonds is 5. The van der Waals surface area contributed by atoms with Crippen molar-refractivity contribution < 1.29 is 14.4 Å². The van der Waals surface area contributed by atoms with Crippen molar-refractivity contribution >= 4 is 5.91 Å². The molecule has 0 saturated carbocycles. The van der Waals surface area contributed by atoms with Gasteiger partial charge in [-0.25, -0.2) is 9.87 Å². The van der Waals surface area contributed by atoms with Crippen LogP contribution >= 0.6 is 0 Å². The average molecular weight is 339 g/mol. The molecule has 1 amide bonds. The van der Waals surface area contributed by atoms with Gasteiger partial charge in [-0.1, -0.05) is 19.1 Å². The lowest BCUT2D eigenvalue weighted by Gasteiger charge is -2.07. The monoisotopic (exact) mass is 339 g/mol. The molecule has 2 aromatic carbocycles. The van der Waals surface area contributed by atoms with Crippen LogP contribution in [0.15, 0.2) is 54.6 Å². The Balaban J connectivity index is 1.84. The van der Waals surface area contributed by atoms with E-state index in [1.807, 2.05) is 22.9 Å².